The molecule has 0 bridgehead atoms. The minimum atomic E-state index is -0.288. The van der Waals surface area contributed by atoms with Crippen LogP contribution in [0.15, 0.2) is 40.9 Å². The molecule has 0 aliphatic carbocycles. The maximum atomic E-state index is 12.6. The Balaban J connectivity index is 1.95. The zero-order valence-corrected chi connectivity index (χ0v) is 15.4. The fourth-order valence-electron chi connectivity index (χ4n) is 2.61. The second-order valence-electron chi connectivity index (χ2n) is 5.68. The third-order valence-corrected chi connectivity index (χ3v) is 4.29. The minimum absolute atomic E-state index is 0.0379. The summed E-state index contributed by atoms with van der Waals surface area (Å²) in [5.74, 6) is 0.738. The van der Waals surface area contributed by atoms with Crippen molar-refractivity contribution in [2.45, 2.75) is 19.8 Å². The van der Waals surface area contributed by atoms with Crippen LogP contribution in [0.4, 0.5) is 5.69 Å². The Labute approximate surface area is 154 Å². The lowest BCUT2D eigenvalue weighted by atomic mass is 10.0. The number of anilines is 1. The molecule has 6 heteroatoms. The Morgan fingerprint density at radius 1 is 1.12 bits per heavy atom. The summed E-state index contributed by atoms with van der Waals surface area (Å²) in [6.45, 7) is 2.82. The van der Waals surface area contributed by atoms with Crippen LogP contribution in [0.25, 0.3) is 0 Å². The van der Waals surface area contributed by atoms with E-state index in [9.17, 15) is 9.59 Å². The number of rotatable bonds is 5. The second-order valence-corrected chi connectivity index (χ2v) is 6.59. The summed E-state index contributed by atoms with van der Waals surface area (Å²) in [5, 5.41) is 2.83. The lowest BCUT2D eigenvalue weighted by molar-refractivity contribution is 0.0981. The molecule has 0 fully saturated rings. The van der Waals surface area contributed by atoms with Gasteiger partial charge in [0.05, 0.1) is 5.69 Å². The molecule has 0 spiro atoms. The number of hydrogen-bond acceptors (Lipinski definition) is 4. The molecule has 1 amide bonds. The van der Waals surface area contributed by atoms with Crippen LogP contribution in [0.3, 0.4) is 0 Å². The van der Waals surface area contributed by atoms with Gasteiger partial charge in [0.25, 0.3) is 5.91 Å². The summed E-state index contributed by atoms with van der Waals surface area (Å²) < 4.78 is 11.9. The first-order valence-electron chi connectivity index (χ1n) is 8.12. The van der Waals surface area contributed by atoms with Crippen LogP contribution in [-0.4, -0.2) is 24.9 Å². The molecule has 0 radical (unpaired) electrons. The van der Waals surface area contributed by atoms with Gasteiger partial charge in [0.15, 0.2) is 17.3 Å². The number of ether oxygens (including phenoxy) is 2. The van der Waals surface area contributed by atoms with Gasteiger partial charge < -0.3 is 14.8 Å². The number of nitrogens with one attached hydrogen (secondary N) is 1. The molecule has 1 aliphatic heterocycles. The normalized spacial score (nSPS) is 12.6. The molecule has 1 N–H and O–H groups in total. The Kier molecular flexibility index (Phi) is 5.38. The number of halogens is 1. The molecule has 0 aromatic heterocycles. The monoisotopic (exact) mass is 403 g/mol. The van der Waals surface area contributed by atoms with E-state index in [-0.39, 0.29) is 11.7 Å². The Morgan fingerprint density at radius 3 is 2.52 bits per heavy atom. The largest absolute Gasteiger partial charge is 0.486 e. The molecule has 130 valence electrons. The molecule has 3 rings (SSSR count). The number of amides is 1. The SMILES string of the molecule is CCCC(=O)c1cc2c(cc1NC(=O)c1cccc(Br)c1)OCCO2. The van der Waals surface area contributed by atoms with Crippen LogP contribution >= 0.6 is 15.9 Å². The lowest BCUT2D eigenvalue weighted by Crippen LogP contribution is -2.19. The van der Waals surface area contributed by atoms with Gasteiger partial charge in [-0.05, 0) is 30.7 Å². The van der Waals surface area contributed by atoms with Gasteiger partial charge in [0, 0.05) is 28.1 Å². The van der Waals surface area contributed by atoms with Crippen LogP contribution < -0.4 is 14.8 Å². The van der Waals surface area contributed by atoms with E-state index in [0.29, 0.717) is 47.9 Å². The van der Waals surface area contributed by atoms with Gasteiger partial charge in [-0.1, -0.05) is 28.9 Å². The van der Waals surface area contributed by atoms with Crippen LogP contribution in [-0.2, 0) is 0 Å². The summed E-state index contributed by atoms with van der Waals surface area (Å²) in [7, 11) is 0. The van der Waals surface area contributed by atoms with Crippen LogP contribution in [0.5, 0.6) is 11.5 Å². The fourth-order valence-corrected chi connectivity index (χ4v) is 3.01. The topological polar surface area (TPSA) is 64.6 Å². The van der Waals surface area contributed by atoms with E-state index in [4.69, 9.17) is 9.47 Å². The van der Waals surface area contributed by atoms with Gasteiger partial charge >= 0.3 is 0 Å². The van der Waals surface area contributed by atoms with E-state index in [1.165, 1.54) is 0 Å². The summed E-state index contributed by atoms with van der Waals surface area (Å²) in [4.78, 5) is 25.0. The van der Waals surface area contributed by atoms with Crippen molar-refractivity contribution in [3.05, 3.63) is 52.0 Å². The highest BCUT2D eigenvalue weighted by molar-refractivity contribution is 9.10. The van der Waals surface area contributed by atoms with Crippen molar-refractivity contribution in [1.29, 1.82) is 0 Å². The summed E-state index contributed by atoms with van der Waals surface area (Å²) >= 11 is 3.35. The Morgan fingerprint density at radius 2 is 1.84 bits per heavy atom. The van der Waals surface area contributed by atoms with E-state index in [1.54, 1.807) is 30.3 Å². The van der Waals surface area contributed by atoms with E-state index >= 15 is 0 Å². The first-order valence-corrected chi connectivity index (χ1v) is 8.91. The molecule has 0 atom stereocenters. The average molecular weight is 404 g/mol. The molecule has 1 aliphatic rings. The van der Waals surface area contributed by atoms with Crippen molar-refractivity contribution in [1.82, 2.24) is 0 Å². The highest BCUT2D eigenvalue weighted by Crippen LogP contribution is 2.36. The molecular weight excluding hydrogens is 386 g/mol. The van der Waals surface area contributed by atoms with E-state index in [0.717, 1.165) is 10.9 Å². The van der Waals surface area contributed by atoms with Gasteiger partial charge in [-0.25, -0.2) is 0 Å². The summed E-state index contributed by atoms with van der Waals surface area (Å²) in [6.07, 6.45) is 1.13. The molecule has 0 saturated carbocycles. The maximum absolute atomic E-state index is 12.6. The molecule has 0 unspecified atom stereocenters. The maximum Gasteiger partial charge on any atom is 0.255 e. The van der Waals surface area contributed by atoms with Gasteiger partial charge in [-0.2, -0.15) is 0 Å². The third kappa shape index (κ3) is 4.02. The number of hydrogen-bond donors (Lipinski definition) is 1. The number of benzene rings is 2. The highest BCUT2D eigenvalue weighted by Gasteiger charge is 2.21. The van der Waals surface area contributed by atoms with Crippen LogP contribution in [0.2, 0.25) is 0 Å². The van der Waals surface area contributed by atoms with Crippen molar-refractivity contribution < 1.29 is 19.1 Å². The number of Topliss-reactive ketones (excluding diaryl/α,β-unsaturated/α-hetero) is 1. The van der Waals surface area contributed by atoms with Crippen molar-refractivity contribution in [2.75, 3.05) is 18.5 Å². The minimum Gasteiger partial charge on any atom is -0.486 e. The smallest absolute Gasteiger partial charge is 0.255 e. The van der Waals surface area contributed by atoms with E-state index in [1.807, 2.05) is 13.0 Å². The number of ketones is 1. The first kappa shape index (κ1) is 17.5. The molecule has 1 heterocycles. The zero-order chi connectivity index (χ0) is 17.8. The third-order valence-electron chi connectivity index (χ3n) is 3.79. The quantitative estimate of drug-likeness (QED) is 0.748. The van der Waals surface area contributed by atoms with Gasteiger partial charge in [0.1, 0.15) is 13.2 Å². The predicted molar refractivity (Wildman–Crippen MR) is 98.8 cm³/mol. The second kappa shape index (κ2) is 7.70. The predicted octanol–water partition coefficient (Wildman–Crippen LogP) is 4.46. The van der Waals surface area contributed by atoms with E-state index < -0.39 is 0 Å². The number of carbonyl (C=O) groups excluding carboxylic acids is 2. The summed E-state index contributed by atoms with van der Waals surface area (Å²) in [6, 6.07) is 10.4. The van der Waals surface area contributed by atoms with Gasteiger partial charge in [-0.3, -0.25) is 9.59 Å². The van der Waals surface area contributed by atoms with Crippen LogP contribution in [0, 0.1) is 0 Å². The number of fused-ring (bicyclic) bond motifs is 1. The molecule has 5 nitrogen and oxygen atoms in total. The van der Waals surface area contributed by atoms with Gasteiger partial charge in [-0.15, -0.1) is 0 Å². The van der Waals surface area contributed by atoms with E-state index in [2.05, 4.69) is 21.2 Å². The van der Waals surface area contributed by atoms with Crippen molar-refractivity contribution >= 4 is 33.3 Å². The van der Waals surface area contributed by atoms with Crippen molar-refractivity contribution in [3.8, 4) is 11.5 Å². The first-order chi connectivity index (χ1) is 12.1. The standard InChI is InChI=1S/C19H18BrNO4/c1-2-4-16(22)14-10-17-18(25-8-7-24-17)11-15(14)21-19(23)12-5-3-6-13(20)9-12/h3,5-6,9-11H,2,4,7-8H2,1H3,(H,21,23). The molecule has 2 aromatic rings. The van der Waals surface area contributed by atoms with Crippen LogP contribution in [0.1, 0.15) is 40.5 Å². The van der Waals surface area contributed by atoms with Gasteiger partial charge in [0.2, 0.25) is 0 Å². The molecular formula is C19H18BrNO4. The summed E-state index contributed by atoms with van der Waals surface area (Å²) in [5.41, 5.74) is 1.38. The molecule has 25 heavy (non-hydrogen) atoms. The molecule has 0 saturated heterocycles. The Hall–Kier alpha value is -2.34. The molecule has 2 aromatic carbocycles. The Bertz CT molecular complexity index is 819. The van der Waals surface area contributed by atoms with Crippen molar-refractivity contribution in [3.63, 3.8) is 0 Å². The average Bonchev–Trinajstić information content (AvgIpc) is 2.61. The van der Waals surface area contributed by atoms with Crippen molar-refractivity contribution in [2.24, 2.45) is 0 Å². The zero-order valence-electron chi connectivity index (χ0n) is 13.8. The number of carbonyl (C=O) groups is 2. The highest BCUT2D eigenvalue weighted by atomic mass is 79.9. The fraction of sp³-hybridized carbons (Fsp3) is 0.263. The lowest BCUT2D eigenvalue weighted by Gasteiger charge is -2.21.